The quantitative estimate of drug-likeness (QED) is 0.245. The van der Waals surface area contributed by atoms with Gasteiger partial charge in [0.15, 0.2) is 0 Å². The van der Waals surface area contributed by atoms with Gasteiger partial charge in [-0.2, -0.15) is 0 Å². The van der Waals surface area contributed by atoms with Gasteiger partial charge in [-0.3, -0.25) is 14.5 Å². The molecule has 0 saturated heterocycles. The number of sulfonamides is 1. The third-order valence-electron chi connectivity index (χ3n) is 5.46. The van der Waals surface area contributed by atoms with Crippen molar-refractivity contribution in [1.29, 1.82) is 5.41 Å². The van der Waals surface area contributed by atoms with Gasteiger partial charge in [-0.05, 0) is 49.2 Å². The molecule has 0 spiro atoms. The molecule has 1 atom stereocenters. The van der Waals surface area contributed by atoms with E-state index in [2.05, 4.69) is 0 Å². The molecule has 0 amide bonds. The first-order valence-corrected chi connectivity index (χ1v) is 13.0. The summed E-state index contributed by atoms with van der Waals surface area (Å²) >= 11 is 6.20. The van der Waals surface area contributed by atoms with Gasteiger partial charge in [0.2, 0.25) is 0 Å². The minimum atomic E-state index is -4.18. The second-order valence-electron chi connectivity index (χ2n) is 8.39. The number of nitrogens with zero attached hydrogens (tertiary/aromatic N) is 1. The van der Waals surface area contributed by atoms with E-state index in [1.54, 1.807) is 49.4 Å². The molecule has 3 rings (SSSR count). The molecule has 0 radical (unpaired) electrons. The zero-order valence-electron chi connectivity index (χ0n) is 19.9. The summed E-state index contributed by atoms with van der Waals surface area (Å²) in [5.41, 5.74) is 8.14. The third-order valence-corrected chi connectivity index (χ3v) is 7.90. The Bertz CT molecular complexity index is 1360. The lowest BCUT2D eigenvalue weighted by Gasteiger charge is -2.30. The first-order chi connectivity index (χ1) is 17.0. The number of aryl methyl sites for hydroxylation is 1. The molecule has 3 aromatic carbocycles. The number of rotatable bonds is 11. The first-order valence-electron chi connectivity index (χ1n) is 11.2. The SMILES string of the molecule is Cc1cc(OCCc2ccc(C(=N)N)cc2)cc(N(C(C)CC(=O)O)S(=O)(=O)c2ccccc2Cl)c1. The van der Waals surface area contributed by atoms with E-state index >= 15 is 0 Å². The maximum absolute atomic E-state index is 13.7. The number of amidine groups is 1. The molecule has 0 heterocycles. The summed E-state index contributed by atoms with van der Waals surface area (Å²) in [5.74, 6) is -0.674. The van der Waals surface area contributed by atoms with Crippen LogP contribution in [0.15, 0.2) is 71.6 Å². The number of benzene rings is 3. The van der Waals surface area contributed by atoms with Gasteiger partial charge in [0.25, 0.3) is 10.0 Å². The van der Waals surface area contributed by atoms with Gasteiger partial charge >= 0.3 is 5.97 Å². The van der Waals surface area contributed by atoms with Crippen molar-refractivity contribution in [3.8, 4) is 5.75 Å². The van der Waals surface area contributed by atoms with Crippen molar-refractivity contribution in [1.82, 2.24) is 0 Å². The fourth-order valence-electron chi connectivity index (χ4n) is 3.80. The lowest BCUT2D eigenvalue weighted by atomic mass is 10.1. The number of carboxylic acids is 1. The second kappa shape index (κ2) is 11.5. The van der Waals surface area contributed by atoms with Crippen molar-refractivity contribution >= 4 is 39.1 Å². The Labute approximate surface area is 215 Å². The zero-order chi connectivity index (χ0) is 26.5. The largest absolute Gasteiger partial charge is 0.493 e. The van der Waals surface area contributed by atoms with Crippen LogP contribution in [-0.4, -0.2) is 38.0 Å². The Morgan fingerprint density at radius 3 is 2.42 bits per heavy atom. The standard InChI is InChI=1S/C26H28ClN3O5S/c1-17-13-21(16-22(14-17)35-12-11-19-7-9-20(10-8-19)26(28)29)30(18(2)15-25(31)32)36(33,34)24-6-4-3-5-23(24)27/h3-10,13-14,16,18H,11-12,15H2,1-2H3,(H3,28,29)(H,31,32). The molecule has 1 unspecified atom stereocenters. The Morgan fingerprint density at radius 2 is 1.81 bits per heavy atom. The van der Waals surface area contributed by atoms with Crippen molar-refractivity contribution in [3.63, 3.8) is 0 Å². The van der Waals surface area contributed by atoms with E-state index in [-0.39, 0.29) is 21.4 Å². The van der Waals surface area contributed by atoms with Crippen molar-refractivity contribution in [3.05, 3.63) is 88.4 Å². The van der Waals surface area contributed by atoms with E-state index < -0.39 is 28.5 Å². The normalized spacial score (nSPS) is 12.1. The number of anilines is 1. The van der Waals surface area contributed by atoms with Crippen LogP contribution in [0.5, 0.6) is 5.75 Å². The van der Waals surface area contributed by atoms with E-state index in [1.165, 1.54) is 19.1 Å². The zero-order valence-corrected chi connectivity index (χ0v) is 21.5. The number of hydrogen-bond acceptors (Lipinski definition) is 5. The summed E-state index contributed by atoms with van der Waals surface area (Å²) in [5, 5.41) is 16.9. The highest BCUT2D eigenvalue weighted by Crippen LogP contribution is 2.33. The molecule has 10 heteroatoms. The number of aliphatic carboxylic acids is 1. The third kappa shape index (κ3) is 6.56. The number of carboxylic acid groups (broad SMARTS) is 1. The lowest BCUT2D eigenvalue weighted by Crippen LogP contribution is -2.40. The molecule has 0 saturated carbocycles. The van der Waals surface area contributed by atoms with Gasteiger partial charge in [-0.15, -0.1) is 0 Å². The number of hydrogen-bond donors (Lipinski definition) is 3. The molecule has 0 aliphatic rings. The highest BCUT2D eigenvalue weighted by Gasteiger charge is 2.32. The molecule has 190 valence electrons. The van der Waals surface area contributed by atoms with Gasteiger partial charge in [0.1, 0.15) is 16.5 Å². The summed E-state index contributed by atoms with van der Waals surface area (Å²) in [4.78, 5) is 11.3. The molecule has 0 fully saturated rings. The van der Waals surface area contributed by atoms with Crippen molar-refractivity contribution in [2.75, 3.05) is 10.9 Å². The van der Waals surface area contributed by atoms with Crippen LogP contribution < -0.4 is 14.8 Å². The number of ether oxygens (including phenoxy) is 1. The first kappa shape index (κ1) is 27.0. The molecular weight excluding hydrogens is 502 g/mol. The van der Waals surface area contributed by atoms with Crippen molar-refractivity contribution in [2.45, 2.75) is 37.6 Å². The Kier molecular flexibility index (Phi) is 8.60. The minimum Gasteiger partial charge on any atom is -0.493 e. The summed E-state index contributed by atoms with van der Waals surface area (Å²) < 4.78 is 34.3. The van der Waals surface area contributed by atoms with Gasteiger partial charge < -0.3 is 15.6 Å². The van der Waals surface area contributed by atoms with Crippen LogP contribution in [-0.2, 0) is 21.2 Å². The highest BCUT2D eigenvalue weighted by molar-refractivity contribution is 7.93. The second-order valence-corrected chi connectivity index (χ2v) is 10.6. The minimum absolute atomic E-state index is 0.00138. The van der Waals surface area contributed by atoms with E-state index in [0.717, 1.165) is 15.4 Å². The van der Waals surface area contributed by atoms with Crippen LogP contribution in [0.1, 0.15) is 30.0 Å². The Hall–Kier alpha value is -3.56. The predicted octanol–water partition coefficient (Wildman–Crippen LogP) is 4.61. The predicted molar refractivity (Wildman–Crippen MR) is 141 cm³/mol. The lowest BCUT2D eigenvalue weighted by molar-refractivity contribution is -0.137. The fraction of sp³-hybridized carbons (Fsp3) is 0.231. The molecular formula is C26H28ClN3O5S. The number of nitrogens with two attached hydrogens (primary N) is 1. The molecule has 8 nitrogen and oxygen atoms in total. The van der Waals surface area contributed by atoms with Crippen LogP contribution in [0.2, 0.25) is 5.02 Å². The molecule has 3 aromatic rings. The number of nitrogens with one attached hydrogen (secondary N) is 1. The smallest absolute Gasteiger partial charge is 0.305 e. The van der Waals surface area contributed by atoms with Gasteiger partial charge in [0.05, 0.1) is 29.8 Å². The van der Waals surface area contributed by atoms with Crippen LogP contribution in [0.3, 0.4) is 0 Å². The van der Waals surface area contributed by atoms with Crippen molar-refractivity contribution in [2.24, 2.45) is 5.73 Å². The highest BCUT2D eigenvalue weighted by atomic mass is 35.5. The maximum Gasteiger partial charge on any atom is 0.305 e. The Balaban J connectivity index is 1.90. The average molecular weight is 530 g/mol. The monoisotopic (exact) mass is 529 g/mol. The van der Waals surface area contributed by atoms with Gasteiger partial charge in [-0.25, -0.2) is 8.42 Å². The number of nitrogen functional groups attached to an aromatic ring is 1. The number of halogens is 1. The average Bonchev–Trinajstić information content (AvgIpc) is 2.78. The summed E-state index contributed by atoms with van der Waals surface area (Å²) in [6, 6.07) is 17.5. The maximum atomic E-state index is 13.7. The molecule has 4 N–H and O–H groups in total. The van der Waals surface area contributed by atoms with Crippen LogP contribution >= 0.6 is 11.6 Å². The van der Waals surface area contributed by atoms with Crippen LogP contribution in [0.4, 0.5) is 5.69 Å². The van der Waals surface area contributed by atoms with Gasteiger partial charge in [0, 0.05) is 18.1 Å². The van der Waals surface area contributed by atoms with E-state index in [9.17, 15) is 18.3 Å². The topological polar surface area (TPSA) is 134 Å². The molecule has 0 aliphatic carbocycles. The van der Waals surface area contributed by atoms with Crippen LogP contribution in [0.25, 0.3) is 0 Å². The fourth-order valence-corrected chi connectivity index (χ4v) is 5.94. The van der Waals surface area contributed by atoms with Crippen LogP contribution in [0, 0.1) is 12.3 Å². The summed E-state index contributed by atoms with van der Waals surface area (Å²) in [6.45, 7) is 3.67. The van der Waals surface area contributed by atoms with E-state index in [0.29, 0.717) is 24.3 Å². The molecule has 0 aliphatic heterocycles. The molecule has 0 bridgehead atoms. The molecule has 0 aromatic heterocycles. The van der Waals surface area contributed by atoms with Gasteiger partial charge in [-0.1, -0.05) is 48.0 Å². The Morgan fingerprint density at radius 1 is 1.14 bits per heavy atom. The molecule has 36 heavy (non-hydrogen) atoms. The van der Waals surface area contributed by atoms with Crippen molar-refractivity contribution < 1.29 is 23.1 Å². The summed E-state index contributed by atoms with van der Waals surface area (Å²) in [6.07, 6.45) is 0.183. The summed E-state index contributed by atoms with van der Waals surface area (Å²) in [7, 11) is -4.18. The van der Waals surface area contributed by atoms with E-state index in [4.69, 9.17) is 27.5 Å². The number of carbonyl (C=O) groups is 1. The van der Waals surface area contributed by atoms with E-state index in [1.807, 2.05) is 12.1 Å².